The lowest BCUT2D eigenvalue weighted by Crippen LogP contribution is -2.30. The van der Waals surface area contributed by atoms with Gasteiger partial charge in [0.2, 0.25) is 0 Å². The zero-order chi connectivity index (χ0) is 18.9. The molecular weight excluding hydrogens is 361 g/mol. The molecule has 26 heavy (non-hydrogen) atoms. The summed E-state index contributed by atoms with van der Waals surface area (Å²) in [6.45, 7) is 1.78. The van der Waals surface area contributed by atoms with Crippen LogP contribution in [-0.4, -0.2) is 24.6 Å². The molecule has 0 saturated heterocycles. The maximum atomic E-state index is 13.7. The Hall–Kier alpha value is -2.60. The average molecular weight is 380 g/mol. The van der Waals surface area contributed by atoms with Gasteiger partial charge in [0.1, 0.15) is 11.6 Å². The number of carbonyl (C=O) groups excluding carboxylic acids is 2. The molecule has 138 valence electrons. The number of hydrogen-bond donors (Lipinski definition) is 1. The van der Waals surface area contributed by atoms with Crippen LogP contribution in [0.2, 0.25) is 5.02 Å². The first kappa shape index (κ1) is 19.7. The van der Waals surface area contributed by atoms with Gasteiger partial charge in [-0.2, -0.15) is 0 Å². The van der Waals surface area contributed by atoms with E-state index >= 15 is 0 Å². The maximum Gasteiger partial charge on any atom is 0.306 e. The van der Waals surface area contributed by atoms with Gasteiger partial charge in [-0.05, 0) is 43.7 Å². The molecule has 1 amide bonds. The Kier molecular flexibility index (Phi) is 7.41. The SMILES string of the molecule is C[C@@H](OC(=O)CCCOc1ccccc1)C(=O)Nc1ccc(Cl)cc1F. The third-order valence-corrected chi connectivity index (χ3v) is 3.64. The van der Waals surface area contributed by atoms with Crippen LogP contribution in [0.1, 0.15) is 19.8 Å². The predicted molar refractivity (Wildman–Crippen MR) is 96.8 cm³/mol. The highest BCUT2D eigenvalue weighted by atomic mass is 35.5. The molecule has 0 aromatic heterocycles. The number of amides is 1. The van der Waals surface area contributed by atoms with Gasteiger partial charge in [-0.1, -0.05) is 29.8 Å². The summed E-state index contributed by atoms with van der Waals surface area (Å²) in [6, 6.07) is 13.1. The predicted octanol–water partition coefficient (Wildman–Crippen LogP) is 4.21. The molecule has 0 aliphatic rings. The molecule has 0 unspecified atom stereocenters. The van der Waals surface area contributed by atoms with E-state index in [0.717, 1.165) is 11.8 Å². The fourth-order valence-corrected chi connectivity index (χ4v) is 2.22. The number of hydrogen-bond acceptors (Lipinski definition) is 4. The van der Waals surface area contributed by atoms with Crippen LogP contribution in [0.3, 0.4) is 0 Å². The van der Waals surface area contributed by atoms with E-state index in [2.05, 4.69) is 5.32 Å². The summed E-state index contributed by atoms with van der Waals surface area (Å²) in [6.07, 6.45) is -0.485. The third kappa shape index (κ3) is 6.37. The smallest absolute Gasteiger partial charge is 0.306 e. The molecule has 5 nitrogen and oxygen atoms in total. The second kappa shape index (κ2) is 9.77. The molecule has 1 atom stereocenters. The lowest BCUT2D eigenvalue weighted by Gasteiger charge is -2.14. The summed E-state index contributed by atoms with van der Waals surface area (Å²) in [5.41, 5.74) is -0.0291. The number of halogens is 2. The highest BCUT2D eigenvalue weighted by Crippen LogP contribution is 2.19. The van der Waals surface area contributed by atoms with E-state index in [1.807, 2.05) is 30.3 Å². The highest BCUT2D eigenvalue weighted by Gasteiger charge is 2.19. The molecule has 1 N–H and O–H groups in total. The van der Waals surface area contributed by atoms with Gasteiger partial charge >= 0.3 is 5.97 Å². The van der Waals surface area contributed by atoms with Gasteiger partial charge < -0.3 is 14.8 Å². The van der Waals surface area contributed by atoms with E-state index in [1.165, 1.54) is 19.1 Å². The van der Waals surface area contributed by atoms with Crippen molar-refractivity contribution in [3.8, 4) is 5.75 Å². The molecule has 7 heteroatoms. The van der Waals surface area contributed by atoms with Crippen LogP contribution < -0.4 is 10.1 Å². The molecule has 0 aliphatic heterocycles. The van der Waals surface area contributed by atoms with Crippen molar-refractivity contribution >= 4 is 29.2 Å². The van der Waals surface area contributed by atoms with E-state index < -0.39 is 23.8 Å². The van der Waals surface area contributed by atoms with Crippen molar-refractivity contribution in [1.82, 2.24) is 0 Å². The lowest BCUT2D eigenvalue weighted by molar-refractivity contribution is -0.153. The van der Waals surface area contributed by atoms with Crippen molar-refractivity contribution in [2.75, 3.05) is 11.9 Å². The third-order valence-electron chi connectivity index (χ3n) is 3.40. The maximum absolute atomic E-state index is 13.7. The summed E-state index contributed by atoms with van der Waals surface area (Å²) in [5.74, 6) is -1.10. The minimum Gasteiger partial charge on any atom is -0.494 e. The Morgan fingerprint density at radius 3 is 2.62 bits per heavy atom. The number of para-hydroxylation sites is 1. The van der Waals surface area contributed by atoms with Crippen molar-refractivity contribution in [2.45, 2.75) is 25.9 Å². The van der Waals surface area contributed by atoms with Crippen LogP contribution in [0, 0.1) is 5.82 Å². The molecule has 2 aromatic rings. The van der Waals surface area contributed by atoms with E-state index in [4.69, 9.17) is 21.1 Å². The molecule has 0 radical (unpaired) electrons. The first-order chi connectivity index (χ1) is 12.5. The first-order valence-corrected chi connectivity index (χ1v) is 8.47. The second-order valence-electron chi connectivity index (χ2n) is 5.51. The monoisotopic (exact) mass is 379 g/mol. The number of anilines is 1. The molecule has 2 rings (SSSR count). The van der Waals surface area contributed by atoms with E-state index in [9.17, 15) is 14.0 Å². The van der Waals surface area contributed by atoms with Gasteiger partial charge in [0.25, 0.3) is 5.91 Å². The zero-order valence-electron chi connectivity index (χ0n) is 14.2. The molecule has 0 spiro atoms. The number of nitrogens with one attached hydrogen (secondary N) is 1. The van der Waals surface area contributed by atoms with Crippen molar-refractivity contribution in [2.24, 2.45) is 0 Å². The summed E-state index contributed by atoms with van der Waals surface area (Å²) in [7, 11) is 0. The summed E-state index contributed by atoms with van der Waals surface area (Å²) >= 11 is 5.65. The number of esters is 1. The molecular formula is C19H19ClFNO4. The minimum atomic E-state index is -1.05. The topological polar surface area (TPSA) is 64.6 Å². The highest BCUT2D eigenvalue weighted by molar-refractivity contribution is 6.30. The van der Waals surface area contributed by atoms with Crippen LogP contribution in [-0.2, 0) is 14.3 Å². The zero-order valence-corrected chi connectivity index (χ0v) is 15.0. The van der Waals surface area contributed by atoms with Crippen LogP contribution in [0.25, 0.3) is 0 Å². The number of rotatable bonds is 8. The quantitative estimate of drug-likeness (QED) is 0.551. The van der Waals surface area contributed by atoms with Gasteiger partial charge in [0, 0.05) is 11.4 Å². The van der Waals surface area contributed by atoms with Crippen molar-refractivity contribution in [3.05, 3.63) is 59.4 Å². The standard InChI is InChI=1S/C19H19ClFNO4/c1-13(19(24)22-17-10-9-14(20)12-16(17)21)26-18(23)8-5-11-25-15-6-3-2-4-7-15/h2-4,6-7,9-10,12-13H,5,8,11H2,1H3,(H,22,24)/t13-/m1/s1. The minimum absolute atomic E-state index is 0.0291. The van der Waals surface area contributed by atoms with Crippen molar-refractivity contribution in [3.63, 3.8) is 0 Å². The molecule has 0 saturated carbocycles. The van der Waals surface area contributed by atoms with Gasteiger partial charge in [-0.25, -0.2) is 4.39 Å². The summed E-state index contributed by atoms with van der Waals surface area (Å²) in [4.78, 5) is 23.8. The fourth-order valence-electron chi connectivity index (χ4n) is 2.06. The van der Waals surface area contributed by atoms with Crippen molar-refractivity contribution < 1.29 is 23.5 Å². The van der Waals surface area contributed by atoms with E-state index in [0.29, 0.717) is 13.0 Å². The van der Waals surface area contributed by atoms with Crippen LogP contribution in [0.5, 0.6) is 5.75 Å². The Bertz CT molecular complexity index is 754. The molecule has 0 aliphatic carbocycles. The van der Waals surface area contributed by atoms with Crippen LogP contribution in [0.15, 0.2) is 48.5 Å². The second-order valence-corrected chi connectivity index (χ2v) is 5.95. The lowest BCUT2D eigenvalue weighted by atomic mass is 10.2. The first-order valence-electron chi connectivity index (χ1n) is 8.09. The van der Waals surface area contributed by atoms with Gasteiger partial charge in [-0.3, -0.25) is 9.59 Å². The van der Waals surface area contributed by atoms with Gasteiger partial charge in [-0.15, -0.1) is 0 Å². The van der Waals surface area contributed by atoms with Gasteiger partial charge in [0.05, 0.1) is 12.3 Å². The number of benzene rings is 2. The molecule has 0 bridgehead atoms. The fraction of sp³-hybridized carbons (Fsp3) is 0.263. The van der Waals surface area contributed by atoms with E-state index in [1.54, 1.807) is 0 Å². The van der Waals surface area contributed by atoms with Crippen molar-refractivity contribution in [1.29, 1.82) is 0 Å². The Morgan fingerprint density at radius 1 is 1.19 bits per heavy atom. The van der Waals surface area contributed by atoms with E-state index in [-0.39, 0.29) is 17.1 Å². The Labute approximate surface area is 156 Å². The Balaban J connectivity index is 1.71. The largest absolute Gasteiger partial charge is 0.494 e. The van der Waals surface area contributed by atoms with Crippen LogP contribution >= 0.6 is 11.6 Å². The number of ether oxygens (including phenoxy) is 2. The Morgan fingerprint density at radius 2 is 1.92 bits per heavy atom. The van der Waals surface area contributed by atoms with Gasteiger partial charge in [0.15, 0.2) is 6.10 Å². The molecule has 2 aromatic carbocycles. The average Bonchev–Trinajstić information content (AvgIpc) is 2.62. The molecule has 0 heterocycles. The molecule has 0 fully saturated rings. The number of carbonyl (C=O) groups is 2. The van der Waals surface area contributed by atoms with Crippen LogP contribution in [0.4, 0.5) is 10.1 Å². The summed E-state index contributed by atoms with van der Waals surface area (Å²) < 4.78 is 24.2. The summed E-state index contributed by atoms with van der Waals surface area (Å²) in [5, 5.41) is 2.58. The normalized spacial score (nSPS) is 11.5.